The van der Waals surface area contributed by atoms with Crippen LogP contribution in [0.4, 0.5) is 10.1 Å². The van der Waals surface area contributed by atoms with Crippen LogP contribution in [0, 0.1) is 21.8 Å². The highest BCUT2D eigenvalue weighted by Gasteiger charge is 2.23. The van der Waals surface area contributed by atoms with Crippen LogP contribution in [-0.4, -0.2) is 22.2 Å². The van der Waals surface area contributed by atoms with Crippen molar-refractivity contribution in [2.75, 3.05) is 5.33 Å². The SMILES string of the molecule is CC(C)C(CCBr)NC(=O)c1ccc(F)cc1[N+](=O)[O-]. The number of carbonyl (C=O) groups excluding carboxylic acids is 1. The Labute approximate surface area is 124 Å². The van der Waals surface area contributed by atoms with Crippen molar-refractivity contribution in [2.24, 2.45) is 5.92 Å². The molecule has 1 unspecified atom stereocenters. The van der Waals surface area contributed by atoms with E-state index in [1.807, 2.05) is 13.8 Å². The summed E-state index contributed by atoms with van der Waals surface area (Å²) < 4.78 is 13.0. The minimum absolute atomic E-state index is 0.105. The van der Waals surface area contributed by atoms with Crippen LogP contribution in [0.1, 0.15) is 30.6 Å². The largest absolute Gasteiger partial charge is 0.349 e. The molecular weight excluding hydrogens is 331 g/mol. The van der Waals surface area contributed by atoms with Crippen molar-refractivity contribution in [3.63, 3.8) is 0 Å². The van der Waals surface area contributed by atoms with Gasteiger partial charge in [-0.1, -0.05) is 29.8 Å². The Hall–Kier alpha value is -1.50. The van der Waals surface area contributed by atoms with Gasteiger partial charge in [0.2, 0.25) is 0 Å². The molecule has 0 aliphatic heterocycles. The van der Waals surface area contributed by atoms with Gasteiger partial charge in [-0.2, -0.15) is 0 Å². The van der Waals surface area contributed by atoms with Crippen molar-refractivity contribution in [2.45, 2.75) is 26.3 Å². The van der Waals surface area contributed by atoms with Gasteiger partial charge in [0.15, 0.2) is 0 Å². The third-order valence-corrected chi connectivity index (χ3v) is 3.40. The van der Waals surface area contributed by atoms with Gasteiger partial charge in [-0.05, 0) is 24.5 Å². The summed E-state index contributed by atoms with van der Waals surface area (Å²) in [6.45, 7) is 3.90. The minimum Gasteiger partial charge on any atom is -0.349 e. The predicted octanol–water partition coefficient (Wildman–Crippen LogP) is 3.27. The van der Waals surface area contributed by atoms with Gasteiger partial charge in [0.05, 0.1) is 11.0 Å². The third kappa shape index (κ3) is 4.26. The van der Waals surface area contributed by atoms with Crippen LogP contribution >= 0.6 is 15.9 Å². The second-order valence-electron chi connectivity index (χ2n) is 4.72. The van der Waals surface area contributed by atoms with Crippen LogP contribution in [0.5, 0.6) is 0 Å². The van der Waals surface area contributed by atoms with Crippen molar-refractivity contribution >= 4 is 27.5 Å². The molecule has 5 nitrogen and oxygen atoms in total. The molecule has 1 aromatic rings. The topological polar surface area (TPSA) is 72.2 Å². The molecule has 0 aromatic heterocycles. The Balaban J connectivity index is 3.00. The van der Waals surface area contributed by atoms with Gasteiger partial charge in [0, 0.05) is 11.4 Å². The lowest BCUT2D eigenvalue weighted by Gasteiger charge is -2.21. The number of nitrogens with one attached hydrogen (secondary N) is 1. The Morgan fingerprint density at radius 2 is 2.15 bits per heavy atom. The van der Waals surface area contributed by atoms with Gasteiger partial charge in [-0.3, -0.25) is 14.9 Å². The van der Waals surface area contributed by atoms with Gasteiger partial charge in [-0.25, -0.2) is 4.39 Å². The molecule has 0 saturated carbocycles. The third-order valence-electron chi connectivity index (χ3n) is 2.94. The lowest BCUT2D eigenvalue weighted by Crippen LogP contribution is -2.39. The first-order chi connectivity index (χ1) is 9.36. The van der Waals surface area contributed by atoms with Crippen molar-refractivity contribution in [3.8, 4) is 0 Å². The van der Waals surface area contributed by atoms with Gasteiger partial charge in [-0.15, -0.1) is 0 Å². The van der Waals surface area contributed by atoms with Crippen LogP contribution in [0.25, 0.3) is 0 Å². The van der Waals surface area contributed by atoms with Crippen LogP contribution < -0.4 is 5.32 Å². The second-order valence-corrected chi connectivity index (χ2v) is 5.51. The van der Waals surface area contributed by atoms with Crippen LogP contribution in [0.2, 0.25) is 0 Å². The summed E-state index contributed by atoms with van der Waals surface area (Å²) in [7, 11) is 0. The molecule has 20 heavy (non-hydrogen) atoms. The van der Waals surface area contributed by atoms with E-state index in [-0.39, 0.29) is 17.5 Å². The number of alkyl halides is 1. The number of halogens is 2. The number of amides is 1. The zero-order chi connectivity index (χ0) is 15.3. The first kappa shape index (κ1) is 16.6. The number of rotatable bonds is 6. The van der Waals surface area contributed by atoms with Crippen LogP contribution in [-0.2, 0) is 0 Å². The Morgan fingerprint density at radius 3 is 2.65 bits per heavy atom. The number of nitro benzene ring substituents is 1. The van der Waals surface area contributed by atoms with E-state index >= 15 is 0 Å². The predicted molar refractivity (Wildman–Crippen MR) is 77.6 cm³/mol. The number of nitro groups is 1. The maximum atomic E-state index is 13.0. The van der Waals surface area contributed by atoms with Gasteiger partial charge < -0.3 is 5.32 Å². The smallest absolute Gasteiger partial charge is 0.285 e. The summed E-state index contributed by atoms with van der Waals surface area (Å²) in [6.07, 6.45) is 0.707. The minimum atomic E-state index is -0.757. The number of hydrogen-bond donors (Lipinski definition) is 1. The van der Waals surface area contributed by atoms with Gasteiger partial charge >= 0.3 is 0 Å². The first-order valence-corrected chi connectivity index (χ1v) is 7.29. The summed E-state index contributed by atoms with van der Waals surface area (Å²) in [6, 6.07) is 2.82. The van der Waals surface area contributed by atoms with E-state index in [0.29, 0.717) is 11.8 Å². The molecule has 1 N–H and O–H groups in total. The van der Waals surface area contributed by atoms with Gasteiger partial charge in [0.25, 0.3) is 11.6 Å². The molecule has 0 radical (unpaired) electrons. The molecule has 0 saturated heterocycles. The quantitative estimate of drug-likeness (QED) is 0.488. The summed E-state index contributed by atoms with van der Waals surface area (Å²) in [5, 5.41) is 14.3. The normalized spacial score (nSPS) is 12.2. The average molecular weight is 347 g/mol. The van der Waals surface area contributed by atoms with E-state index in [2.05, 4.69) is 21.2 Å². The molecule has 1 rings (SSSR count). The molecule has 1 aromatic carbocycles. The van der Waals surface area contributed by atoms with Crippen molar-refractivity contribution < 1.29 is 14.1 Å². The summed E-state index contributed by atoms with van der Waals surface area (Å²) >= 11 is 3.30. The van der Waals surface area contributed by atoms with Crippen molar-refractivity contribution in [1.29, 1.82) is 0 Å². The molecule has 1 atom stereocenters. The lowest BCUT2D eigenvalue weighted by atomic mass is 10.0. The zero-order valence-electron chi connectivity index (χ0n) is 11.2. The highest BCUT2D eigenvalue weighted by molar-refractivity contribution is 9.09. The Bertz CT molecular complexity index is 508. The van der Waals surface area contributed by atoms with Crippen molar-refractivity contribution in [1.82, 2.24) is 5.32 Å². The fraction of sp³-hybridized carbons (Fsp3) is 0.462. The van der Waals surface area contributed by atoms with E-state index in [1.54, 1.807) is 0 Å². The van der Waals surface area contributed by atoms with E-state index in [4.69, 9.17) is 0 Å². The van der Waals surface area contributed by atoms with E-state index in [1.165, 1.54) is 0 Å². The monoisotopic (exact) mass is 346 g/mol. The highest BCUT2D eigenvalue weighted by atomic mass is 79.9. The molecule has 7 heteroatoms. The number of nitrogens with zero attached hydrogens (tertiary/aromatic N) is 1. The molecule has 0 aliphatic rings. The molecule has 1 amide bonds. The van der Waals surface area contributed by atoms with Gasteiger partial charge in [0.1, 0.15) is 11.4 Å². The van der Waals surface area contributed by atoms with Crippen molar-refractivity contribution in [3.05, 3.63) is 39.7 Å². The second kappa shape index (κ2) is 7.33. The van der Waals surface area contributed by atoms with E-state index in [0.717, 1.165) is 18.2 Å². The number of hydrogen-bond acceptors (Lipinski definition) is 3. The molecule has 0 bridgehead atoms. The average Bonchev–Trinajstić information content (AvgIpc) is 2.37. The van der Waals surface area contributed by atoms with Crippen LogP contribution in [0.3, 0.4) is 0 Å². The molecule has 0 spiro atoms. The summed E-state index contributed by atoms with van der Waals surface area (Å²) in [5.41, 5.74) is -0.652. The fourth-order valence-electron chi connectivity index (χ4n) is 1.78. The highest BCUT2D eigenvalue weighted by Crippen LogP contribution is 2.20. The molecule has 0 fully saturated rings. The lowest BCUT2D eigenvalue weighted by molar-refractivity contribution is -0.385. The van der Waals surface area contributed by atoms with Crippen LogP contribution in [0.15, 0.2) is 18.2 Å². The molecule has 110 valence electrons. The molecule has 0 heterocycles. The molecule has 0 aliphatic carbocycles. The Kier molecular flexibility index (Phi) is 6.06. The van der Waals surface area contributed by atoms with E-state index < -0.39 is 22.3 Å². The number of benzene rings is 1. The van der Waals surface area contributed by atoms with E-state index in [9.17, 15) is 19.3 Å². The fourth-order valence-corrected chi connectivity index (χ4v) is 2.28. The Morgan fingerprint density at radius 1 is 1.50 bits per heavy atom. The standard InChI is InChI=1S/C13H16BrFN2O3/c1-8(2)11(5-6-14)16-13(18)10-4-3-9(15)7-12(10)17(19)20/h3-4,7-8,11H,5-6H2,1-2H3,(H,16,18). The maximum Gasteiger partial charge on any atom is 0.285 e. The summed E-state index contributed by atoms with van der Waals surface area (Å²) in [5.74, 6) is -1.11. The summed E-state index contributed by atoms with van der Waals surface area (Å²) in [4.78, 5) is 22.2. The number of carbonyl (C=O) groups is 1. The maximum absolute atomic E-state index is 13.0. The zero-order valence-corrected chi connectivity index (χ0v) is 12.8. The molecular formula is C13H16BrFN2O3. The first-order valence-electron chi connectivity index (χ1n) is 6.17.